The van der Waals surface area contributed by atoms with Gasteiger partial charge in [0.15, 0.2) is 0 Å². The van der Waals surface area contributed by atoms with Gasteiger partial charge >= 0.3 is 0 Å². The van der Waals surface area contributed by atoms with Crippen molar-refractivity contribution < 1.29 is 13.5 Å². The third kappa shape index (κ3) is 3.26. The fourth-order valence-corrected chi connectivity index (χ4v) is 5.29. The molecule has 1 aromatic carbocycles. The molecule has 1 aliphatic heterocycles. The van der Waals surface area contributed by atoms with E-state index in [1.54, 1.807) is 13.1 Å². The fourth-order valence-electron chi connectivity index (χ4n) is 3.12. The summed E-state index contributed by atoms with van der Waals surface area (Å²) in [6, 6.07) is 3.06. The average Bonchev–Trinajstić information content (AvgIpc) is 2.53. The highest BCUT2D eigenvalue weighted by Crippen LogP contribution is 2.42. The topological polar surface area (TPSA) is 60.9 Å². The van der Waals surface area contributed by atoms with Crippen molar-refractivity contribution in [1.82, 2.24) is 4.31 Å². The lowest BCUT2D eigenvalue weighted by Crippen LogP contribution is -2.50. The van der Waals surface area contributed by atoms with E-state index in [1.807, 2.05) is 20.1 Å². The van der Waals surface area contributed by atoms with Gasteiger partial charge in [-0.1, -0.05) is 13.8 Å². The number of hydrogen-bond acceptors (Lipinski definition) is 5. The number of aromatic hydroxyl groups is 1. The highest BCUT2D eigenvalue weighted by molar-refractivity contribution is 7.98. The Morgan fingerprint density at radius 2 is 1.88 bits per heavy atom. The van der Waals surface area contributed by atoms with Crippen LogP contribution in [0.25, 0.3) is 0 Å². The van der Waals surface area contributed by atoms with Crippen molar-refractivity contribution in [3.8, 4) is 5.75 Å². The first kappa shape index (κ1) is 19.4. The Balaban J connectivity index is 2.81. The second-order valence-electron chi connectivity index (χ2n) is 7.61. The van der Waals surface area contributed by atoms with Gasteiger partial charge in [0.2, 0.25) is 10.0 Å². The number of phenols is 1. The molecule has 5 nitrogen and oxygen atoms in total. The molecule has 1 N–H and O–H groups in total. The number of hydrogen-bond donors (Lipinski definition) is 1. The smallest absolute Gasteiger partial charge is 0.245 e. The van der Waals surface area contributed by atoms with E-state index in [2.05, 4.69) is 25.7 Å². The fraction of sp³-hybridized carbons (Fsp3) is 0.647. The van der Waals surface area contributed by atoms with E-state index < -0.39 is 10.0 Å². The lowest BCUT2D eigenvalue weighted by Gasteiger charge is -2.40. The first-order valence-electron chi connectivity index (χ1n) is 8.08. The highest BCUT2D eigenvalue weighted by atomic mass is 32.2. The van der Waals surface area contributed by atoms with Crippen LogP contribution in [0.3, 0.4) is 0 Å². The molecule has 0 fully saturated rings. The molecule has 1 heterocycles. The van der Waals surface area contributed by atoms with Crippen LogP contribution in [0.5, 0.6) is 5.75 Å². The Morgan fingerprint density at radius 3 is 2.33 bits per heavy atom. The minimum absolute atomic E-state index is 0.00933. The van der Waals surface area contributed by atoms with Crippen LogP contribution in [0.1, 0.15) is 34.6 Å². The van der Waals surface area contributed by atoms with Gasteiger partial charge in [-0.2, -0.15) is 4.31 Å². The molecule has 24 heavy (non-hydrogen) atoms. The van der Waals surface area contributed by atoms with Crippen LogP contribution < -0.4 is 4.90 Å². The standard InChI is InChI=1S/C17H28N2O3S2/c1-11(2)13-10-19(17(3,4)5)12-8-15(23-7)14(20)9-16(12)24(21,22)18(13)6/h8-9,11,13,20H,10H2,1-7H3/t13-/m0/s1. The van der Waals surface area contributed by atoms with Gasteiger partial charge in [0.05, 0.1) is 10.6 Å². The van der Waals surface area contributed by atoms with Gasteiger partial charge in [-0.05, 0) is 39.0 Å². The second-order valence-corrected chi connectivity index (χ2v) is 10.4. The van der Waals surface area contributed by atoms with Crippen molar-refractivity contribution in [2.45, 2.75) is 56.0 Å². The van der Waals surface area contributed by atoms with Crippen molar-refractivity contribution in [2.75, 3.05) is 24.7 Å². The van der Waals surface area contributed by atoms with Crippen molar-refractivity contribution in [2.24, 2.45) is 5.92 Å². The number of phenolic OH excluding ortho intramolecular Hbond substituents is 1. The first-order valence-corrected chi connectivity index (χ1v) is 10.7. The molecule has 7 heteroatoms. The Hall–Kier alpha value is -0.920. The Kier molecular flexibility index (Phi) is 5.19. The van der Waals surface area contributed by atoms with Crippen LogP contribution in [-0.4, -0.2) is 49.3 Å². The maximum Gasteiger partial charge on any atom is 0.245 e. The predicted molar refractivity (Wildman–Crippen MR) is 101 cm³/mol. The third-order valence-electron chi connectivity index (χ3n) is 4.62. The summed E-state index contributed by atoms with van der Waals surface area (Å²) in [4.78, 5) is 3.01. The van der Waals surface area contributed by atoms with Crippen molar-refractivity contribution >= 4 is 27.5 Å². The van der Waals surface area contributed by atoms with E-state index in [1.165, 1.54) is 22.1 Å². The quantitative estimate of drug-likeness (QED) is 0.807. The molecule has 136 valence electrons. The minimum atomic E-state index is -3.67. The third-order valence-corrected chi connectivity index (χ3v) is 7.30. The molecule has 1 aliphatic rings. The summed E-state index contributed by atoms with van der Waals surface area (Å²) in [5.41, 5.74) is 0.426. The average molecular weight is 373 g/mol. The van der Waals surface area contributed by atoms with Crippen LogP contribution in [0.15, 0.2) is 21.9 Å². The Bertz CT molecular complexity index is 724. The zero-order chi connectivity index (χ0) is 18.4. The van der Waals surface area contributed by atoms with E-state index >= 15 is 0 Å². The number of thioether (sulfide) groups is 1. The predicted octanol–water partition coefficient (Wildman–Crippen LogP) is 3.38. The summed E-state index contributed by atoms with van der Waals surface area (Å²) in [6.45, 7) is 10.9. The SMILES string of the molecule is CSc1cc2c(cc1O)S(=O)(=O)N(C)[C@H](C(C)C)CN2C(C)(C)C. The van der Waals surface area contributed by atoms with E-state index in [0.29, 0.717) is 17.1 Å². The van der Waals surface area contributed by atoms with Crippen LogP contribution >= 0.6 is 11.8 Å². The number of rotatable bonds is 2. The van der Waals surface area contributed by atoms with Crippen LogP contribution in [0, 0.1) is 5.92 Å². The number of fused-ring (bicyclic) bond motifs is 1. The highest BCUT2D eigenvalue weighted by Gasteiger charge is 2.41. The summed E-state index contributed by atoms with van der Waals surface area (Å²) < 4.78 is 27.7. The zero-order valence-electron chi connectivity index (χ0n) is 15.5. The monoisotopic (exact) mass is 372 g/mol. The van der Waals surface area contributed by atoms with E-state index in [9.17, 15) is 13.5 Å². The van der Waals surface area contributed by atoms with Crippen molar-refractivity contribution in [3.63, 3.8) is 0 Å². The molecule has 1 atom stereocenters. The van der Waals surface area contributed by atoms with Crippen LogP contribution in [0.4, 0.5) is 5.69 Å². The molecule has 0 bridgehead atoms. The number of likely N-dealkylation sites (N-methyl/N-ethyl adjacent to an activating group) is 1. The van der Waals surface area contributed by atoms with Gasteiger partial charge in [0.25, 0.3) is 0 Å². The molecule has 1 aromatic rings. The van der Waals surface area contributed by atoms with E-state index in [4.69, 9.17) is 0 Å². The Morgan fingerprint density at radius 1 is 1.29 bits per heavy atom. The summed E-state index contributed by atoms with van der Waals surface area (Å²) in [5, 5.41) is 10.2. The summed E-state index contributed by atoms with van der Waals surface area (Å²) in [7, 11) is -2.04. The largest absolute Gasteiger partial charge is 0.507 e. The number of sulfonamides is 1. The zero-order valence-corrected chi connectivity index (χ0v) is 17.1. The lowest BCUT2D eigenvalue weighted by atomic mass is 9.98. The summed E-state index contributed by atoms with van der Waals surface area (Å²) in [5.74, 6) is 0.188. The molecule has 0 spiro atoms. The van der Waals surface area contributed by atoms with Crippen molar-refractivity contribution in [3.05, 3.63) is 12.1 Å². The molecule has 2 rings (SSSR count). The van der Waals surface area contributed by atoms with Gasteiger partial charge in [0.1, 0.15) is 10.6 Å². The molecule has 0 aliphatic carbocycles. The first-order chi connectivity index (χ1) is 10.9. The lowest BCUT2D eigenvalue weighted by molar-refractivity contribution is 0.287. The maximum absolute atomic E-state index is 13.1. The number of nitrogens with zero attached hydrogens (tertiary/aromatic N) is 2. The molecule has 0 aromatic heterocycles. The summed E-state index contributed by atoms with van der Waals surface area (Å²) in [6.07, 6.45) is 1.87. The van der Waals surface area contributed by atoms with Gasteiger partial charge in [-0.15, -0.1) is 11.8 Å². The van der Waals surface area contributed by atoms with Gasteiger partial charge in [-0.3, -0.25) is 0 Å². The molecule has 0 saturated heterocycles. The molecular weight excluding hydrogens is 344 g/mol. The van der Waals surface area contributed by atoms with Gasteiger partial charge < -0.3 is 10.0 Å². The maximum atomic E-state index is 13.1. The Labute approximate surface area is 150 Å². The molecule has 0 saturated carbocycles. The number of benzene rings is 1. The normalized spacial score (nSPS) is 21.7. The van der Waals surface area contributed by atoms with Crippen LogP contribution in [0.2, 0.25) is 0 Å². The number of anilines is 1. The van der Waals surface area contributed by atoms with Gasteiger partial charge in [-0.25, -0.2) is 8.42 Å². The minimum Gasteiger partial charge on any atom is -0.507 e. The second kappa shape index (κ2) is 6.42. The molecule has 0 amide bonds. The van der Waals surface area contributed by atoms with Crippen molar-refractivity contribution in [1.29, 1.82) is 0 Å². The van der Waals surface area contributed by atoms with Gasteiger partial charge in [0, 0.05) is 31.2 Å². The molecular formula is C17H28N2O3S2. The van der Waals surface area contributed by atoms with E-state index in [0.717, 1.165) is 0 Å². The van der Waals surface area contributed by atoms with E-state index in [-0.39, 0.29) is 28.1 Å². The summed E-state index contributed by atoms with van der Waals surface area (Å²) >= 11 is 1.41. The molecule has 0 radical (unpaired) electrons. The van der Waals surface area contributed by atoms with Crippen LogP contribution in [-0.2, 0) is 10.0 Å². The molecule has 0 unspecified atom stereocenters.